The second kappa shape index (κ2) is 6.62. The molecular formula is C16H15NO5. The zero-order valence-electron chi connectivity index (χ0n) is 12.1. The number of ether oxygens (including phenoxy) is 2. The van der Waals surface area contributed by atoms with Crippen LogP contribution in [0.15, 0.2) is 42.5 Å². The molecule has 2 rings (SSSR count). The van der Waals surface area contributed by atoms with Crippen molar-refractivity contribution in [1.82, 2.24) is 0 Å². The summed E-state index contributed by atoms with van der Waals surface area (Å²) in [5.41, 5.74) is 0.748. The molecule has 0 heterocycles. The van der Waals surface area contributed by atoms with Gasteiger partial charge in [-0.3, -0.25) is 4.79 Å². The standard InChI is InChI=1S/C16H15NO5/c1-21-12-6-3-10(4-7-12)15(19)17-13-9-11(16(20)22-2)5-8-14(13)18/h3-9,18H,1-2H3,(H,17,19). The van der Waals surface area contributed by atoms with E-state index in [1.54, 1.807) is 24.3 Å². The molecule has 0 radical (unpaired) electrons. The minimum Gasteiger partial charge on any atom is -0.506 e. The van der Waals surface area contributed by atoms with Crippen molar-refractivity contribution in [3.8, 4) is 11.5 Å². The highest BCUT2D eigenvalue weighted by Crippen LogP contribution is 2.25. The van der Waals surface area contributed by atoms with Gasteiger partial charge in [-0.25, -0.2) is 4.79 Å². The van der Waals surface area contributed by atoms with Crippen LogP contribution >= 0.6 is 0 Å². The number of phenolic OH excluding ortho intramolecular Hbond substituents is 1. The minimum atomic E-state index is -0.556. The summed E-state index contributed by atoms with van der Waals surface area (Å²) < 4.78 is 9.62. The van der Waals surface area contributed by atoms with E-state index < -0.39 is 11.9 Å². The second-order valence-corrected chi connectivity index (χ2v) is 4.41. The molecule has 2 aromatic carbocycles. The fraction of sp³-hybridized carbons (Fsp3) is 0.125. The van der Waals surface area contributed by atoms with E-state index in [1.165, 1.54) is 32.4 Å². The molecule has 22 heavy (non-hydrogen) atoms. The number of carbonyl (C=O) groups is 2. The summed E-state index contributed by atoms with van der Waals surface area (Å²) in [7, 11) is 2.79. The van der Waals surface area contributed by atoms with Crippen LogP contribution in [0.25, 0.3) is 0 Å². The molecule has 0 aromatic heterocycles. The zero-order chi connectivity index (χ0) is 16.1. The fourth-order valence-corrected chi connectivity index (χ4v) is 1.82. The average molecular weight is 301 g/mol. The van der Waals surface area contributed by atoms with Crippen molar-refractivity contribution in [3.05, 3.63) is 53.6 Å². The van der Waals surface area contributed by atoms with E-state index in [4.69, 9.17) is 4.74 Å². The monoisotopic (exact) mass is 301 g/mol. The summed E-state index contributed by atoms with van der Waals surface area (Å²) >= 11 is 0. The first kappa shape index (κ1) is 15.4. The lowest BCUT2D eigenvalue weighted by molar-refractivity contribution is 0.0600. The molecule has 6 heteroatoms. The van der Waals surface area contributed by atoms with E-state index >= 15 is 0 Å². The number of methoxy groups -OCH3 is 2. The Hall–Kier alpha value is -3.02. The maximum atomic E-state index is 12.1. The molecule has 0 saturated heterocycles. The fourth-order valence-electron chi connectivity index (χ4n) is 1.82. The molecule has 0 spiro atoms. The van der Waals surface area contributed by atoms with Crippen LogP contribution in [0.5, 0.6) is 11.5 Å². The van der Waals surface area contributed by atoms with Crippen LogP contribution in [0.1, 0.15) is 20.7 Å². The first-order valence-electron chi connectivity index (χ1n) is 6.42. The summed E-state index contributed by atoms with van der Waals surface area (Å²) in [5.74, 6) is -0.485. The Kier molecular flexibility index (Phi) is 4.63. The predicted octanol–water partition coefficient (Wildman–Crippen LogP) is 2.44. The van der Waals surface area contributed by atoms with Crippen molar-refractivity contribution in [2.45, 2.75) is 0 Å². The molecule has 0 aliphatic carbocycles. The third-order valence-electron chi connectivity index (χ3n) is 3.02. The Labute approximate surface area is 127 Å². The number of hydrogen-bond acceptors (Lipinski definition) is 5. The molecule has 0 fully saturated rings. The highest BCUT2D eigenvalue weighted by Gasteiger charge is 2.13. The number of phenols is 1. The van der Waals surface area contributed by atoms with Gasteiger partial charge in [0.15, 0.2) is 0 Å². The van der Waals surface area contributed by atoms with Gasteiger partial charge in [0, 0.05) is 5.56 Å². The molecule has 0 aliphatic heterocycles. The van der Waals surface area contributed by atoms with Crippen molar-refractivity contribution in [2.75, 3.05) is 19.5 Å². The molecule has 114 valence electrons. The third kappa shape index (κ3) is 3.35. The minimum absolute atomic E-state index is 0.128. The Bertz CT molecular complexity index is 694. The molecule has 2 N–H and O–H groups in total. The van der Waals surface area contributed by atoms with Gasteiger partial charge in [-0.2, -0.15) is 0 Å². The molecule has 0 bridgehead atoms. The van der Waals surface area contributed by atoms with Gasteiger partial charge in [0.05, 0.1) is 25.5 Å². The normalized spacial score (nSPS) is 9.91. The van der Waals surface area contributed by atoms with Gasteiger partial charge >= 0.3 is 5.97 Å². The Morgan fingerprint density at radius 3 is 2.23 bits per heavy atom. The number of esters is 1. The van der Waals surface area contributed by atoms with Crippen molar-refractivity contribution in [1.29, 1.82) is 0 Å². The van der Waals surface area contributed by atoms with Gasteiger partial charge in [0.1, 0.15) is 11.5 Å². The molecule has 6 nitrogen and oxygen atoms in total. The summed E-state index contributed by atoms with van der Waals surface area (Å²) in [6.45, 7) is 0. The van der Waals surface area contributed by atoms with Crippen LogP contribution in [-0.2, 0) is 4.74 Å². The molecule has 0 atom stereocenters. The van der Waals surface area contributed by atoms with Crippen molar-refractivity contribution < 1.29 is 24.2 Å². The maximum absolute atomic E-state index is 12.1. The zero-order valence-corrected chi connectivity index (χ0v) is 12.1. The first-order valence-corrected chi connectivity index (χ1v) is 6.42. The van der Waals surface area contributed by atoms with Crippen LogP contribution in [0, 0.1) is 0 Å². The number of rotatable bonds is 4. The number of nitrogens with one attached hydrogen (secondary N) is 1. The largest absolute Gasteiger partial charge is 0.506 e. The highest BCUT2D eigenvalue weighted by atomic mass is 16.5. The summed E-state index contributed by atoms with van der Waals surface area (Å²) in [4.78, 5) is 23.6. The Morgan fingerprint density at radius 2 is 1.64 bits per heavy atom. The van der Waals surface area contributed by atoms with Gasteiger partial charge < -0.3 is 19.9 Å². The van der Waals surface area contributed by atoms with Crippen LogP contribution in [-0.4, -0.2) is 31.2 Å². The molecule has 0 unspecified atom stereocenters. The lowest BCUT2D eigenvalue weighted by atomic mass is 10.1. The van der Waals surface area contributed by atoms with Gasteiger partial charge in [0.2, 0.25) is 0 Å². The van der Waals surface area contributed by atoms with Crippen LogP contribution < -0.4 is 10.1 Å². The second-order valence-electron chi connectivity index (χ2n) is 4.41. The van der Waals surface area contributed by atoms with Gasteiger partial charge in [-0.1, -0.05) is 0 Å². The van der Waals surface area contributed by atoms with Crippen LogP contribution in [0.3, 0.4) is 0 Å². The molecular weight excluding hydrogens is 286 g/mol. The topological polar surface area (TPSA) is 84.9 Å². The number of amides is 1. The molecule has 0 saturated carbocycles. The average Bonchev–Trinajstić information content (AvgIpc) is 2.56. The number of aromatic hydroxyl groups is 1. The van der Waals surface area contributed by atoms with Crippen molar-refractivity contribution in [3.63, 3.8) is 0 Å². The quantitative estimate of drug-likeness (QED) is 0.669. The predicted molar refractivity (Wildman–Crippen MR) is 80.4 cm³/mol. The lowest BCUT2D eigenvalue weighted by Crippen LogP contribution is -2.12. The molecule has 1 amide bonds. The molecule has 2 aromatic rings. The maximum Gasteiger partial charge on any atom is 0.337 e. The molecule has 0 aliphatic rings. The third-order valence-corrected chi connectivity index (χ3v) is 3.02. The number of anilines is 1. The van der Waals surface area contributed by atoms with Gasteiger partial charge in [-0.05, 0) is 42.5 Å². The van der Waals surface area contributed by atoms with Crippen molar-refractivity contribution in [2.24, 2.45) is 0 Å². The van der Waals surface area contributed by atoms with Gasteiger partial charge in [-0.15, -0.1) is 0 Å². The van der Waals surface area contributed by atoms with E-state index in [9.17, 15) is 14.7 Å². The highest BCUT2D eigenvalue weighted by molar-refractivity contribution is 6.05. The van der Waals surface area contributed by atoms with Crippen LogP contribution in [0.4, 0.5) is 5.69 Å². The van der Waals surface area contributed by atoms with E-state index in [0.717, 1.165) is 0 Å². The number of carbonyl (C=O) groups excluding carboxylic acids is 2. The van der Waals surface area contributed by atoms with Crippen LogP contribution in [0.2, 0.25) is 0 Å². The SMILES string of the molecule is COC(=O)c1ccc(O)c(NC(=O)c2ccc(OC)cc2)c1. The first-order chi connectivity index (χ1) is 10.5. The smallest absolute Gasteiger partial charge is 0.337 e. The van der Waals surface area contributed by atoms with E-state index in [2.05, 4.69) is 10.1 Å². The van der Waals surface area contributed by atoms with E-state index in [0.29, 0.717) is 11.3 Å². The summed E-state index contributed by atoms with van der Waals surface area (Å²) in [5, 5.41) is 12.3. The number of hydrogen-bond donors (Lipinski definition) is 2. The number of benzene rings is 2. The van der Waals surface area contributed by atoms with E-state index in [1.807, 2.05) is 0 Å². The van der Waals surface area contributed by atoms with Crippen molar-refractivity contribution >= 4 is 17.6 Å². The van der Waals surface area contributed by atoms with Gasteiger partial charge in [0.25, 0.3) is 5.91 Å². The lowest BCUT2D eigenvalue weighted by Gasteiger charge is -2.09. The summed E-state index contributed by atoms with van der Waals surface area (Å²) in [6, 6.07) is 10.6. The Balaban J connectivity index is 2.21. The van der Waals surface area contributed by atoms with E-state index in [-0.39, 0.29) is 17.0 Å². The summed E-state index contributed by atoms with van der Waals surface area (Å²) in [6.07, 6.45) is 0. The Morgan fingerprint density at radius 1 is 1.00 bits per heavy atom.